The fourth-order valence-corrected chi connectivity index (χ4v) is 3.09. The zero-order valence-corrected chi connectivity index (χ0v) is 10.7. The van der Waals surface area contributed by atoms with E-state index in [1.54, 1.807) is 7.11 Å². The van der Waals surface area contributed by atoms with Gasteiger partial charge in [-0.2, -0.15) is 5.48 Å². The predicted octanol–water partition coefficient (Wildman–Crippen LogP) is 1.17. The predicted molar refractivity (Wildman–Crippen MR) is 63.2 cm³/mol. The van der Waals surface area contributed by atoms with Crippen LogP contribution >= 0.6 is 0 Å². The molecule has 2 fully saturated rings. The first-order chi connectivity index (χ1) is 7.66. The lowest BCUT2D eigenvalue weighted by molar-refractivity contribution is 0.00221. The summed E-state index contributed by atoms with van der Waals surface area (Å²) in [5.74, 6) is 0. The second-order valence-corrected chi connectivity index (χ2v) is 5.36. The van der Waals surface area contributed by atoms with Gasteiger partial charge in [-0.25, -0.2) is 0 Å². The van der Waals surface area contributed by atoms with Crippen LogP contribution in [0.5, 0.6) is 0 Å². The SMILES string of the molecule is CONC1CN2CCCC2(COC(C)C)C1. The minimum Gasteiger partial charge on any atom is -0.377 e. The molecule has 1 N–H and O–H groups in total. The molecule has 0 aliphatic carbocycles. The van der Waals surface area contributed by atoms with Gasteiger partial charge in [-0.1, -0.05) is 0 Å². The number of nitrogens with zero attached hydrogens (tertiary/aromatic N) is 1. The highest BCUT2D eigenvalue weighted by atomic mass is 16.6. The molecule has 0 spiro atoms. The van der Waals surface area contributed by atoms with Gasteiger partial charge in [0.2, 0.25) is 0 Å². The first-order valence-electron chi connectivity index (χ1n) is 6.31. The molecule has 2 heterocycles. The lowest BCUT2D eigenvalue weighted by Gasteiger charge is -2.32. The van der Waals surface area contributed by atoms with E-state index in [0.717, 1.165) is 19.6 Å². The van der Waals surface area contributed by atoms with Crippen LogP contribution in [0.25, 0.3) is 0 Å². The standard InChI is InChI=1S/C12H24N2O2/c1-10(2)16-9-12-5-4-6-14(12)8-11(7-12)13-15-3/h10-11,13H,4-9H2,1-3H3. The summed E-state index contributed by atoms with van der Waals surface area (Å²) in [5.41, 5.74) is 3.37. The quantitative estimate of drug-likeness (QED) is 0.716. The summed E-state index contributed by atoms with van der Waals surface area (Å²) < 4.78 is 5.85. The van der Waals surface area contributed by atoms with Crippen molar-refractivity contribution in [2.75, 3.05) is 26.8 Å². The lowest BCUT2D eigenvalue weighted by Crippen LogP contribution is -2.43. The van der Waals surface area contributed by atoms with Crippen LogP contribution in [0, 0.1) is 0 Å². The molecule has 94 valence electrons. The Morgan fingerprint density at radius 3 is 3.00 bits per heavy atom. The van der Waals surface area contributed by atoms with Crippen LogP contribution in [-0.2, 0) is 9.57 Å². The number of ether oxygens (including phenoxy) is 1. The fourth-order valence-electron chi connectivity index (χ4n) is 3.09. The Bertz CT molecular complexity index is 235. The lowest BCUT2D eigenvalue weighted by atomic mass is 9.94. The maximum atomic E-state index is 5.85. The summed E-state index contributed by atoms with van der Waals surface area (Å²) in [4.78, 5) is 7.62. The van der Waals surface area contributed by atoms with Crippen LogP contribution in [0.3, 0.4) is 0 Å². The maximum Gasteiger partial charge on any atom is 0.0654 e. The van der Waals surface area contributed by atoms with E-state index >= 15 is 0 Å². The molecule has 4 nitrogen and oxygen atoms in total. The van der Waals surface area contributed by atoms with Gasteiger partial charge in [0.25, 0.3) is 0 Å². The van der Waals surface area contributed by atoms with E-state index in [-0.39, 0.29) is 5.54 Å². The summed E-state index contributed by atoms with van der Waals surface area (Å²) in [6.07, 6.45) is 4.04. The summed E-state index contributed by atoms with van der Waals surface area (Å²) in [5, 5.41) is 0. The summed E-state index contributed by atoms with van der Waals surface area (Å²) in [6.45, 7) is 7.39. The van der Waals surface area contributed by atoms with Gasteiger partial charge in [0.15, 0.2) is 0 Å². The third-order valence-electron chi connectivity index (χ3n) is 3.78. The third-order valence-corrected chi connectivity index (χ3v) is 3.78. The van der Waals surface area contributed by atoms with Crippen LogP contribution in [-0.4, -0.2) is 49.4 Å². The van der Waals surface area contributed by atoms with Gasteiger partial charge in [0, 0.05) is 18.1 Å². The minimum absolute atomic E-state index is 0.278. The van der Waals surface area contributed by atoms with Crippen LogP contribution in [0.1, 0.15) is 33.1 Å². The first-order valence-corrected chi connectivity index (χ1v) is 6.31. The van der Waals surface area contributed by atoms with Crippen LogP contribution in [0.2, 0.25) is 0 Å². The van der Waals surface area contributed by atoms with Crippen LogP contribution in [0.4, 0.5) is 0 Å². The molecule has 0 bridgehead atoms. The summed E-state index contributed by atoms with van der Waals surface area (Å²) >= 11 is 0. The Labute approximate surface area is 98.2 Å². The molecule has 4 heteroatoms. The molecule has 0 aromatic heterocycles. The van der Waals surface area contributed by atoms with E-state index in [1.807, 2.05) is 0 Å². The highest BCUT2D eigenvalue weighted by Crippen LogP contribution is 2.39. The molecule has 0 radical (unpaired) electrons. The molecule has 2 unspecified atom stereocenters. The number of nitrogens with one attached hydrogen (secondary N) is 1. The third kappa shape index (κ3) is 2.40. The topological polar surface area (TPSA) is 33.7 Å². The molecule has 0 amide bonds. The van der Waals surface area contributed by atoms with Gasteiger partial charge in [-0.05, 0) is 39.7 Å². The van der Waals surface area contributed by atoms with E-state index in [2.05, 4.69) is 24.2 Å². The molecule has 2 atom stereocenters. The maximum absolute atomic E-state index is 5.85. The van der Waals surface area contributed by atoms with Crippen molar-refractivity contribution < 1.29 is 9.57 Å². The van der Waals surface area contributed by atoms with E-state index < -0.39 is 0 Å². The van der Waals surface area contributed by atoms with Crippen LogP contribution < -0.4 is 5.48 Å². The van der Waals surface area contributed by atoms with E-state index in [9.17, 15) is 0 Å². The van der Waals surface area contributed by atoms with Crippen molar-refractivity contribution >= 4 is 0 Å². The minimum atomic E-state index is 0.278. The average molecular weight is 228 g/mol. The van der Waals surface area contributed by atoms with Gasteiger partial charge in [-0.3, -0.25) is 4.90 Å². The number of hydrogen-bond donors (Lipinski definition) is 1. The monoisotopic (exact) mass is 228 g/mol. The molecule has 2 aliphatic heterocycles. The molecule has 2 rings (SSSR count). The van der Waals surface area contributed by atoms with Gasteiger partial charge >= 0.3 is 0 Å². The van der Waals surface area contributed by atoms with Crippen molar-refractivity contribution in [2.24, 2.45) is 0 Å². The molecular weight excluding hydrogens is 204 g/mol. The van der Waals surface area contributed by atoms with Crippen LogP contribution in [0.15, 0.2) is 0 Å². The van der Waals surface area contributed by atoms with Crippen molar-refractivity contribution in [3.05, 3.63) is 0 Å². The normalized spacial score (nSPS) is 34.9. The zero-order chi connectivity index (χ0) is 11.6. The molecule has 16 heavy (non-hydrogen) atoms. The molecule has 2 saturated heterocycles. The van der Waals surface area contributed by atoms with Crippen molar-refractivity contribution in [2.45, 2.75) is 50.8 Å². The number of hydroxylamine groups is 1. The first kappa shape index (κ1) is 12.3. The number of fused-ring (bicyclic) bond motifs is 1. The second-order valence-electron chi connectivity index (χ2n) is 5.36. The van der Waals surface area contributed by atoms with Gasteiger partial charge in [0.1, 0.15) is 0 Å². The van der Waals surface area contributed by atoms with E-state index in [0.29, 0.717) is 12.1 Å². The highest BCUT2D eigenvalue weighted by molar-refractivity contribution is 5.05. The Kier molecular flexibility index (Phi) is 3.85. The molecule has 0 saturated carbocycles. The molecule has 2 aliphatic rings. The van der Waals surface area contributed by atoms with Crippen molar-refractivity contribution in [3.63, 3.8) is 0 Å². The van der Waals surface area contributed by atoms with E-state index in [1.165, 1.54) is 19.4 Å². The summed E-state index contributed by atoms with van der Waals surface area (Å²) in [6, 6.07) is 0.459. The van der Waals surface area contributed by atoms with Crippen molar-refractivity contribution in [1.29, 1.82) is 0 Å². The fraction of sp³-hybridized carbons (Fsp3) is 1.00. The van der Waals surface area contributed by atoms with Gasteiger partial charge in [-0.15, -0.1) is 0 Å². The molecule has 0 aromatic carbocycles. The van der Waals surface area contributed by atoms with Gasteiger partial charge < -0.3 is 9.57 Å². The van der Waals surface area contributed by atoms with E-state index in [4.69, 9.17) is 9.57 Å². The Morgan fingerprint density at radius 2 is 2.31 bits per heavy atom. The Balaban J connectivity index is 1.94. The molecular formula is C12H24N2O2. The Hall–Kier alpha value is -0.160. The van der Waals surface area contributed by atoms with Gasteiger partial charge in [0.05, 0.1) is 19.8 Å². The summed E-state index contributed by atoms with van der Waals surface area (Å²) in [7, 11) is 1.70. The highest BCUT2D eigenvalue weighted by Gasteiger charge is 2.48. The largest absolute Gasteiger partial charge is 0.377 e. The second kappa shape index (κ2) is 5.00. The van der Waals surface area contributed by atoms with Crippen molar-refractivity contribution in [3.8, 4) is 0 Å². The molecule has 0 aromatic rings. The zero-order valence-electron chi connectivity index (χ0n) is 10.7. The average Bonchev–Trinajstić information content (AvgIpc) is 2.72. The smallest absolute Gasteiger partial charge is 0.0654 e. The van der Waals surface area contributed by atoms with Crippen molar-refractivity contribution in [1.82, 2.24) is 10.4 Å². The Morgan fingerprint density at radius 1 is 1.50 bits per heavy atom. The number of rotatable bonds is 5. The number of hydrogen-bond acceptors (Lipinski definition) is 4.